The van der Waals surface area contributed by atoms with Crippen LogP contribution in [0.15, 0.2) is 11.4 Å². The summed E-state index contributed by atoms with van der Waals surface area (Å²) in [7, 11) is 5.27. The molecule has 1 aliphatic carbocycles. The number of hydrogen-bond donors (Lipinski definition) is 0. The van der Waals surface area contributed by atoms with Crippen LogP contribution in [0, 0.1) is 0 Å². The van der Waals surface area contributed by atoms with E-state index in [4.69, 9.17) is 0 Å². The van der Waals surface area contributed by atoms with Crippen LogP contribution in [0.4, 0.5) is 0 Å². The quantitative estimate of drug-likeness (QED) is 0.718. The monoisotopic (exact) mass is 310 g/mol. The van der Waals surface area contributed by atoms with Crippen LogP contribution in [-0.2, 0) is 16.0 Å². The third-order valence-corrected chi connectivity index (χ3v) is 4.73. The normalized spacial score (nSPS) is 14.3. The Balaban J connectivity index is 1.92. The lowest BCUT2D eigenvalue weighted by atomic mass is 10.2. The van der Waals surface area contributed by atoms with Gasteiger partial charge >= 0.3 is 5.97 Å². The van der Waals surface area contributed by atoms with Crippen molar-refractivity contribution in [2.75, 3.05) is 34.3 Å². The van der Waals surface area contributed by atoms with Gasteiger partial charge in [-0.15, -0.1) is 11.3 Å². The molecule has 0 bridgehead atoms. The zero-order valence-corrected chi connectivity index (χ0v) is 13.6. The lowest BCUT2D eigenvalue weighted by Gasteiger charge is -2.22. The first kappa shape index (κ1) is 16.0. The van der Waals surface area contributed by atoms with Gasteiger partial charge in [-0.1, -0.05) is 0 Å². The second kappa shape index (κ2) is 7.04. The molecule has 1 saturated carbocycles. The van der Waals surface area contributed by atoms with Gasteiger partial charge in [-0.3, -0.25) is 9.59 Å². The molecule has 1 amide bonds. The predicted molar refractivity (Wildman–Crippen MR) is 82.7 cm³/mol. The maximum absolute atomic E-state index is 12.5. The topological polar surface area (TPSA) is 49.9 Å². The van der Waals surface area contributed by atoms with Crippen LogP contribution in [0.25, 0.3) is 0 Å². The minimum absolute atomic E-state index is 0.0284. The van der Waals surface area contributed by atoms with E-state index in [1.165, 1.54) is 31.3 Å². The Labute approximate surface area is 129 Å². The van der Waals surface area contributed by atoms with Gasteiger partial charge in [0.1, 0.15) is 0 Å². The summed E-state index contributed by atoms with van der Waals surface area (Å²) in [5, 5.41) is 1.84. The van der Waals surface area contributed by atoms with Crippen LogP contribution in [0.1, 0.15) is 28.1 Å². The minimum atomic E-state index is -0.317. The standard InChI is InChI=1S/C15H22N2O3S/c1-16(11-4-5-11)7-8-17(2)15(19)12-6-9-21-13(12)10-14(18)20-3/h6,9,11H,4-5,7-8,10H2,1-3H3. The SMILES string of the molecule is COC(=O)Cc1sccc1C(=O)N(C)CCN(C)C1CC1. The smallest absolute Gasteiger partial charge is 0.310 e. The largest absolute Gasteiger partial charge is 0.469 e. The number of amides is 1. The summed E-state index contributed by atoms with van der Waals surface area (Å²) in [6.45, 7) is 1.57. The molecule has 0 aromatic carbocycles. The zero-order chi connectivity index (χ0) is 15.4. The van der Waals surface area contributed by atoms with E-state index in [2.05, 4.69) is 16.7 Å². The number of carbonyl (C=O) groups is 2. The molecule has 2 rings (SSSR count). The lowest BCUT2D eigenvalue weighted by Crippen LogP contribution is -2.35. The molecule has 0 spiro atoms. The van der Waals surface area contributed by atoms with Gasteiger partial charge in [0.05, 0.1) is 19.1 Å². The summed E-state index contributed by atoms with van der Waals surface area (Å²) < 4.78 is 4.67. The molecule has 0 unspecified atom stereocenters. The number of esters is 1. The fourth-order valence-corrected chi connectivity index (χ4v) is 3.04. The van der Waals surface area contributed by atoms with E-state index < -0.39 is 0 Å². The Bertz CT molecular complexity index is 511. The van der Waals surface area contributed by atoms with Crippen molar-refractivity contribution < 1.29 is 14.3 Å². The highest BCUT2D eigenvalue weighted by molar-refractivity contribution is 7.10. The summed E-state index contributed by atoms with van der Waals surface area (Å²) in [5.74, 6) is -0.345. The maximum Gasteiger partial charge on any atom is 0.310 e. The van der Waals surface area contributed by atoms with Crippen LogP contribution in [0.2, 0.25) is 0 Å². The highest BCUT2D eigenvalue weighted by Crippen LogP contribution is 2.25. The molecule has 1 aromatic rings. The Morgan fingerprint density at radius 2 is 2.05 bits per heavy atom. The Kier molecular flexibility index (Phi) is 5.36. The van der Waals surface area contributed by atoms with Crippen molar-refractivity contribution >= 4 is 23.2 Å². The van der Waals surface area contributed by atoms with E-state index in [1.807, 2.05) is 12.4 Å². The zero-order valence-electron chi connectivity index (χ0n) is 12.8. The van der Waals surface area contributed by atoms with Crippen LogP contribution in [0.3, 0.4) is 0 Å². The van der Waals surface area contributed by atoms with Gasteiger partial charge in [-0.25, -0.2) is 0 Å². The van der Waals surface area contributed by atoms with Crippen molar-refractivity contribution in [1.29, 1.82) is 0 Å². The second-order valence-electron chi connectivity index (χ2n) is 5.45. The molecule has 116 valence electrons. The molecule has 0 atom stereocenters. The third-order valence-electron chi connectivity index (χ3n) is 3.81. The van der Waals surface area contributed by atoms with Crippen LogP contribution < -0.4 is 0 Å². The molecule has 5 nitrogen and oxygen atoms in total. The molecule has 1 fully saturated rings. The molecule has 0 saturated heterocycles. The molecule has 21 heavy (non-hydrogen) atoms. The van der Waals surface area contributed by atoms with Crippen LogP contribution in [0.5, 0.6) is 0 Å². The number of ether oxygens (including phenoxy) is 1. The summed E-state index contributed by atoms with van der Waals surface area (Å²) >= 11 is 1.42. The molecule has 1 heterocycles. The number of methoxy groups -OCH3 is 1. The first-order valence-electron chi connectivity index (χ1n) is 7.11. The van der Waals surface area contributed by atoms with Gasteiger partial charge in [-0.05, 0) is 31.3 Å². The average molecular weight is 310 g/mol. The number of likely N-dealkylation sites (N-methyl/N-ethyl adjacent to an activating group) is 2. The van der Waals surface area contributed by atoms with E-state index in [-0.39, 0.29) is 18.3 Å². The fourth-order valence-electron chi connectivity index (χ4n) is 2.18. The van der Waals surface area contributed by atoms with Crippen molar-refractivity contribution in [3.05, 3.63) is 21.9 Å². The van der Waals surface area contributed by atoms with E-state index >= 15 is 0 Å². The average Bonchev–Trinajstić information content (AvgIpc) is 3.24. The molecular formula is C15H22N2O3S. The summed E-state index contributed by atoms with van der Waals surface area (Å²) in [4.78, 5) is 28.6. The number of hydrogen-bond acceptors (Lipinski definition) is 5. The highest BCUT2D eigenvalue weighted by Gasteiger charge is 2.26. The van der Waals surface area contributed by atoms with Crippen molar-refractivity contribution in [3.63, 3.8) is 0 Å². The van der Waals surface area contributed by atoms with E-state index in [9.17, 15) is 9.59 Å². The maximum atomic E-state index is 12.5. The van der Waals surface area contributed by atoms with Gasteiger partial charge in [0.15, 0.2) is 0 Å². The minimum Gasteiger partial charge on any atom is -0.469 e. The molecule has 1 aliphatic rings. The Morgan fingerprint density at radius 3 is 2.67 bits per heavy atom. The number of thiophene rings is 1. The van der Waals surface area contributed by atoms with Crippen molar-refractivity contribution in [2.24, 2.45) is 0 Å². The van der Waals surface area contributed by atoms with Crippen LogP contribution >= 0.6 is 11.3 Å². The van der Waals surface area contributed by atoms with Crippen molar-refractivity contribution in [2.45, 2.75) is 25.3 Å². The summed E-state index contributed by atoms with van der Waals surface area (Å²) in [6.07, 6.45) is 2.69. The van der Waals surface area contributed by atoms with Crippen molar-refractivity contribution in [3.8, 4) is 0 Å². The molecule has 0 aliphatic heterocycles. The molecular weight excluding hydrogens is 288 g/mol. The first-order valence-corrected chi connectivity index (χ1v) is 7.99. The van der Waals surface area contributed by atoms with Crippen LogP contribution in [-0.4, -0.2) is 62.0 Å². The van der Waals surface area contributed by atoms with Gasteiger partial charge in [-0.2, -0.15) is 0 Å². The highest BCUT2D eigenvalue weighted by atomic mass is 32.1. The lowest BCUT2D eigenvalue weighted by molar-refractivity contribution is -0.139. The Hall–Kier alpha value is -1.40. The molecule has 6 heteroatoms. The fraction of sp³-hybridized carbons (Fsp3) is 0.600. The second-order valence-corrected chi connectivity index (χ2v) is 6.45. The number of carbonyl (C=O) groups excluding carboxylic acids is 2. The van der Waals surface area contributed by atoms with E-state index in [0.717, 1.165) is 11.4 Å². The molecule has 0 N–H and O–H groups in total. The third kappa shape index (κ3) is 4.28. The summed E-state index contributed by atoms with van der Waals surface area (Å²) in [6, 6.07) is 2.48. The first-order chi connectivity index (χ1) is 10.0. The van der Waals surface area contributed by atoms with Gasteiger partial charge in [0, 0.05) is 31.1 Å². The Morgan fingerprint density at radius 1 is 1.33 bits per heavy atom. The van der Waals surface area contributed by atoms with E-state index in [0.29, 0.717) is 18.2 Å². The van der Waals surface area contributed by atoms with Gasteiger partial charge in [0.2, 0.25) is 0 Å². The predicted octanol–water partition coefficient (Wildman–Crippen LogP) is 1.63. The summed E-state index contributed by atoms with van der Waals surface area (Å²) in [5.41, 5.74) is 0.613. The number of nitrogens with zero attached hydrogens (tertiary/aromatic N) is 2. The van der Waals surface area contributed by atoms with Crippen molar-refractivity contribution in [1.82, 2.24) is 9.80 Å². The van der Waals surface area contributed by atoms with E-state index in [1.54, 1.807) is 11.0 Å². The van der Waals surface area contributed by atoms with Gasteiger partial charge < -0.3 is 14.5 Å². The molecule has 1 aromatic heterocycles. The number of rotatable bonds is 7. The molecule has 0 radical (unpaired) electrons. The van der Waals surface area contributed by atoms with Gasteiger partial charge in [0.25, 0.3) is 5.91 Å².